The van der Waals surface area contributed by atoms with E-state index < -0.39 is 5.91 Å². The van der Waals surface area contributed by atoms with Crippen molar-refractivity contribution in [3.05, 3.63) is 23.8 Å². The number of hydrogen-bond donors (Lipinski definition) is 2. The van der Waals surface area contributed by atoms with Crippen LogP contribution in [0.15, 0.2) is 18.2 Å². The lowest BCUT2D eigenvalue weighted by Gasteiger charge is -2.30. The second-order valence-electron chi connectivity index (χ2n) is 5.83. The second kappa shape index (κ2) is 6.45. The van der Waals surface area contributed by atoms with Crippen LogP contribution in [0.3, 0.4) is 0 Å². The summed E-state index contributed by atoms with van der Waals surface area (Å²) in [6.07, 6.45) is 0. The second-order valence-corrected chi connectivity index (χ2v) is 5.83. The van der Waals surface area contributed by atoms with Gasteiger partial charge in [-0.2, -0.15) is 0 Å². The highest BCUT2D eigenvalue weighted by molar-refractivity contribution is 5.99. The summed E-state index contributed by atoms with van der Waals surface area (Å²) >= 11 is 0. The van der Waals surface area contributed by atoms with E-state index in [1.807, 2.05) is 12.1 Å². The number of carbonyl (C=O) groups is 1. The third-order valence-electron chi connectivity index (χ3n) is 2.80. The maximum Gasteiger partial charge on any atom is 0.250 e. The van der Waals surface area contributed by atoms with Gasteiger partial charge in [0.05, 0.1) is 5.56 Å². The Morgan fingerprint density at radius 1 is 1.16 bits per heavy atom. The molecule has 0 heterocycles. The number of nitrogens with zero attached hydrogens (tertiary/aromatic N) is 1. The largest absolute Gasteiger partial charge is 0.399 e. The fourth-order valence-electron chi connectivity index (χ4n) is 2.18. The van der Waals surface area contributed by atoms with E-state index in [2.05, 4.69) is 32.6 Å². The Bertz CT molecular complexity index is 431. The molecule has 1 amide bonds. The lowest BCUT2D eigenvalue weighted by molar-refractivity contribution is 0.100. The van der Waals surface area contributed by atoms with E-state index in [0.29, 0.717) is 23.1 Å². The normalized spacial score (nSPS) is 11.1. The smallest absolute Gasteiger partial charge is 0.250 e. The first-order valence-electron chi connectivity index (χ1n) is 6.75. The van der Waals surface area contributed by atoms with Crippen molar-refractivity contribution in [3.63, 3.8) is 0 Å². The minimum Gasteiger partial charge on any atom is -0.399 e. The topological polar surface area (TPSA) is 72.3 Å². The Hall–Kier alpha value is -1.71. The summed E-state index contributed by atoms with van der Waals surface area (Å²) in [5, 5.41) is 0. The maximum atomic E-state index is 11.6. The van der Waals surface area contributed by atoms with Crippen molar-refractivity contribution in [1.82, 2.24) is 0 Å². The van der Waals surface area contributed by atoms with Gasteiger partial charge in [0.1, 0.15) is 0 Å². The first kappa shape index (κ1) is 15.3. The maximum absolute atomic E-state index is 11.6. The SMILES string of the molecule is CC(C)CN(CC(C)C)c1ccc(N)cc1C(N)=O. The van der Waals surface area contributed by atoms with Gasteiger partial charge in [-0.1, -0.05) is 27.7 Å². The van der Waals surface area contributed by atoms with Gasteiger partial charge in [-0.15, -0.1) is 0 Å². The molecule has 4 nitrogen and oxygen atoms in total. The van der Waals surface area contributed by atoms with Crippen molar-refractivity contribution >= 4 is 17.3 Å². The van der Waals surface area contributed by atoms with Gasteiger partial charge in [0.2, 0.25) is 0 Å². The first-order chi connectivity index (χ1) is 8.81. The minimum atomic E-state index is -0.431. The molecular weight excluding hydrogens is 238 g/mol. The number of anilines is 2. The van der Waals surface area contributed by atoms with E-state index in [1.54, 1.807) is 6.07 Å². The molecule has 0 bridgehead atoms. The van der Waals surface area contributed by atoms with E-state index in [0.717, 1.165) is 18.8 Å². The van der Waals surface area contributed by atoms with Crippen LogP contribution < -0.4 is 16.4 Å². The molecule has 1 aromatic rings. The number of nitrogen functional groups attached to an aromatic ring is 1. The molecule has 0 unspecified atom stereocenters. The van der Waals surface area contributed by atoms with Crippen LogP contribution in [0, 0.1) is 11.8 Å². The van der Waals surface area contributed by atoms with Gasteiger partial charge in [0.15, 0.2) is 0 Å². The quantitative estimate of drug-likeness (QED) is 0.774. The van der Waals surface area contributed by atoms with Gasteiger partial charge < -0.3 is 16.4 Å². The summed E-state index contributed by atoms with van der Waals surface area (Å²) in [7, 11) is 0. The van der Waals surface area contributed by atoms with Gasteiger partial charge in [-0.3, -0.25) is 4.79 Å². The van der Waals surface area contributed by atoms with E-state index in [-0.39, 0.29) is 0 Å². The lowest BCUT2D eigenvalue weighted by Crippen LogP contribution is -2.33. The molecule has 0 atom stereocenters. The lowest BCUT2D eigenvalue weighted by atomic mass is 10.1. The van der Waals surface area contributed by atoms with Gasteiger partial charge >= 0.3 is 0 Å². The molecule has 19 heavy (non-hydrogen) atoms. The van der Waals surface area contributed by atoms with Crippen molar-refractivity contribution in [2.75, 3.05) is 23.7 Å². The molecule has 1 aromatic carbocycles. The van der Waals surface area contributed by atoms with E-state index in [1.165, 1.54) is 0 Å². The highest BCUT2D eigenvalue weighted by atomic mass is 16.1. The van der Waals surface area contributed by atoms with Gasteiger partial charge in [0.25, 0.3) is 5.91 Å². The Morgan fingerprint density at radius 3 is 2.11 bits per heavy atom. The van der Waals surface area contributed by atoms with E-state index in [4.69, 9.17) is 11.5 Å². The zero-order valence-corrected chi connectivity index (χ0v) is 12.3. The standard InChI is InChI=1S/C15H25N3O/c1-10(2)8-18(9-11(3)4)14-6-5-12(16)7-13(14)15(17)19/h5-7,10-11H,8-9,16H2,1-4H3,(H2,17,19). The number of nitrogens with two attached hydrogens (primary N) is 2. The summed E-state index contributed by atoms with van der Waals surface area (Å²) in [5.74, 6) is 0.592. The third-order valence-corrected chi connectivity index (χ3v) is 2.80. The molecule has 0 aliphatic rings. The van der Waals surface area contributed by atoms with Gasteiger partial charge in [-0.05, 0) is 30.0 Å². The highest BCUT2D eigenvalue weighted by Gasteiger charge is 2.17. The molecule has 4 N–H and O–H groups in total. The monoisotopic (exact) mass is 263 g/mol. The fraction of sp³-hybridized carbons (Fsp3) is 0.533. The molecule has 106 valence electrons. The van der Waals surface area contributed by atoms with Crippen molar-refractivity contribution in [2.24, 2.45) is 17.6 Å². The van der Waals surface area contributed by atoms with Crippen LogP contribution in [0.5, 0.6) is 0 Å². The van der Waals surface area contributed by atoms with Crippen molar-refractivity contribution in [3.8, 4) is 0 Å². The molecule has 0 fully saturated rings. The van der Waals surface area contributed by atoms with Crippen LogP contribution in [0.25, 0.3) is 0 Å². The number of hydrogen-bond acceptors (Lipinski definition) is 3. The predicted molar refractivity (Wildman–Crippen MR) is 81.3 cm³/mol. The van der Waals surface area contributed by atoms with Crippen molar-refractivity contribution < 1.29 is 4.79 Å². The number of rotatable bonds is 6. The predicted octanol–water partition coefficient (Wildman–Crippen LogP) is 2.49. The molecule has 0 saturated carbocycles. The van der Waals surface area contributed by atoms with Gasteiger partial charge in [0, 0.05) is 24.5 Å². The Balaban J connectivity index is 3.16. The summed E-state index contributed by atoms with van der Waals surface area (Å²) < 4.78 is 0. The number of primary amides is 1. The molecule has 0 spiro atoms. The van der Waals surface area contributed by atoms with Crippen LogP contribution in [-0.2, 0) is 0 Å². The molecular formula is C15H25N3O. The Labute approximate surface area is 115 Å². The molecule has 0 aromatic heterocycles. The summed E-state index contributed by atoms with van der Waals surface area (Å²) in [4.78, 5) is 13.8. The summed E-state index contributed by atoms with van der Waals surface area (Å²) in [5.41, 5.74) is 13.1. The van der Waals surface area contributed by atoms with Crippen LogP contribution in [-0.4, -0.2) is 19.0 Å². The van der Waals surface area contributed by atoms with Crippen LogP contribution in [0.1, 0.15) is 38.1 Å². The Morgan fingerprint density at radius 2 is 1.68 bits per heavy atom. The first-order valence-corrected chi connectivity index (χ1v) is 6.75. The molecule has 0 aliphatic heterocycles. The number of amides is 1. The third kappa shape index (κ3) is 4.47. The average molecular weight is 263 g/mol. The van der Waals surface area contributed by atoms with Crippen LogP contribution in [0.4, 0.5) is 11.4 Å². The van der Waals surface area contributed by atoms with Crippen molar-refractivity contribution in [2.45, 2.75) is 27.7 Å². The Kier molecular flexibility index (Phi) is 5.21. The minimum absolute atomic E-state index is 0.431. The average Bonchev–Trinajstić information content (AvgIpc) is 2.26. The van der Waals surface area contributed by atoms with Crippen molar-refractivity contribution in [1.29, 1.82) is 0 Å². The molecule has 4 heteroatoms. The van der Waals surface area contributed by atoms with Crippen LogP contribution >= 0.6 is 0 Å². The van der Waals surface area contributed by atoms with Crippen LogP contribution in [0.2, 0.25) is 0 Å². The number of benzene rings is 1. The van der Waals surface area contributed by atoms with Gasteiger partial charge in [-0.25, -0.2) is 0 Å². The van der Waals surface area contributed by atoms with E-state index >= 15 is 0 Å². The zero-order chi connectivity index (χ0) is 14.6. The molecule has 0 radical (unpaired) electrons. The summed E-state index contributed by atoms with van der Waals surface area (Å²) in [6.45, 7) is 10.4. The number of carbonyl (C=O) groups excluding carboxylic acids is 1. The molecule has 0 aliphatic carbocycles. The fourth-order valence-corrected chi connectivity index (χ4v) is 2.18. The zero-order valence-electron chi connectivity index (χ0n) is 12.3. The highest BCUT2D eigenvalue weighted by Crippen LogP contribution is 2.24. The van der Waals surface area contributed by atoms with E-state index in [9.17, 15) is 4.79 Å². The molecule has 1 rings (SSSR count). The summed E-state index contributed by atoms with van der Waals surface area (Å²) in [6, 6.07) is 5.36. The molecule has 0 saturated heterocycles.